The molecule has 0 unspecified atom stereocenters. The predicted molar refractivity (Wildman–Crippen MR) is 91.0 cm³/mol. The van der Waals surface area contributed by atoms with Crippen molar-refractivity contribution in [1.82, 2.24) is 5.32 Å². The second-order valence-electron chi connectivity index (χ2n) is 5.45. The fourth-order valence-corrected chi connectivity index (χ4v) is 3.08. The lowest BCUT2D eigenvalue weighted by Gasteiger charge is -2.11. The van der Waals surface area contributed by atoms with Gasteiger partial charge in [0.1, 0.15) is 0 Å². The fraction of sp³-hybridized carbons (Fsp3) is 0.176. The summed E-state index contributed by atoms with van der Waals surface area (Å²) in [6.45, 7) is 3.65. The Bertz CT molecular complexity index is 882. The van der Waals surface area contributed by atoms with Crippen LogP contribution in [0.5, 0.6) is 0 Å². The van der Waals surface area contributed by atoms with E-state index in [1.807, 2.05) is 19.9 Å². The summed E-state index contributed by atoms with van der Waals surface area (Å²) in [5.74, 6) is -0.333. The van der Waals surface area contributed by atoms with E-state index in [2.05, 4.69) is 10.0 Å². The largest absolute Gasteiger partial charge is 0.350 e. The zero-order chi connectivity index (χ0) is 17.7. The predicted octanol–water partition coefficient (Wildman–Crippen LogP) is 2.50. The molecule has 0 fully saturated rings. The van der Waals surface area contributed by atoms with E-state index < -0.39 is 10.0 Å². The van der Waals surface area contributed by atoms with Crippen molar-refractivity contribution in [3.63, 3.8) is 0 Å². The molecule has 2 N–H and O–H groups in total. The molecule has 1 amide bonds. The van der Waals surface area contributed by atoms with Crippen molar-refractivity contribution in [2.24, 2.45) is 0 Å². The molecule has 0 aliphatic heterocycles. The topological polar surface area (TPSA) is 99.1 Å². The standard InChI is InChI=1S/C17H17N3O3S/c1-12(2)19-17(21)14-4-3-5-16(10-14)24(22,23)20-15-8-6-13(11-18)7-9-15/h3-10,12,20H,1-2H3,(H,19,21). The van der Waals surface area contributed by atoms with E-state index in [4.69, 9.17) is 5.26 Å². The van der Waals surface area contributed by atoms with E-state index in [-0.39, 0.29) is 22.4 Å². The van der Waals surface area contributed by atoms with E-state index >= 15 is 0 Å². The summed E-state index contributed by atoms with van der Waals surface area (Å²) < 4.78 is 27.3. The Kier molecular flexibility index (Phi) is 5.21. The molecule has 0 heterocycles. The fourth-order valence-electron chi connectivity index (χ4n) is 1.98. The molecule has 124 valence electrons. The lowest BCUT2D eigenvalue weighted by Crippen LogP contribution is -2.30. The SMILES string of the molecule is CC(C)NC(=O)c1cccc(S(=O)(=O)Nc2ccc(C#N)cc2)c1. The van der Waals surface area contributed by atoms with Crippen LogP contribution in [0.25, 0.3) is 0 Å². The zero-order valence-corrected chi connectivity index (χ0v) is 14.1. The van der Waals surface area contributed by atoms with Gasteiger partial charge in [-0.05, 0) is 56.3 Å². The second kappa shape index (κ2) is 7.15. The molecule has 6 nitrogen and oxygen atoms in total. The highest BCUT2D eigenvalue weighted by Gasteiger charge is 2.17. The number of anilines is 1. The molecule has 0 aromatic heterocycles. The first-order chi connectivity index (χ1) is 11.3. The average Bonchev–Trinajstić information content (AvgIpc) is 2.55. The van der Waals surface area contributed by atoms with Crippen molar-refractivity contribution in [3.8, 4) is 6.07 Å². The maximum atomic E-state index is 12.4. The second-order valence-corrected chi connectivity index (χ2v) is 7.13. The van der Waals surface area contributed by atoms with Gasteiger partial charge in [0.25, 0.3) is 15.9 Å². The summed E-state index contributed by atoms with van der Waals surface area (Å²) in [5.41, 5.74) is 1.04. The van der Waals surface area contributed by atoms with Crippen molar-refractivity contribution in [2.75, 3.05) is 4.72 Å². The molecule has 0 aliphatic carbocycles. The van der Waals surface area contributed by atoms with E-state index in [1.54, 1.807) is 6.07 Å². The lowest BCUT2D eigenvalue weighted by molar-refractivity contribution is 0.0943. The van der Waals surface area contributed by atoms with E-state index in [0.717, 1.165) is 0 Å². The van der Waals surface area contributed by atoms with Gasteiger partial charge >= 0.3 is 0 Å². The van der Waals surface area contributed by atoms with Crippen LogP contribution >= 0.6 is 0 Å². The molecule has 24 heavy (non-hydrogen) atoms. The Morgan fingerprint density at radius 2 is 1.79 bits per heavy atom. The van der Waals surface area contributed by atoms with Crippen LogP contribution in [0.4, 0.5) is 5.69 Å². The van der Waals surface area contributed by atoms with Gasteiger partial charge in [-0.1, -0.05) is 6.07 Å². The van der Waals surface area contributed by atoms with Crippen LogP contribution in [0.2, 0.25) is 0 Å². The molecular weight excluding hydrogens is 326 g/mol. The van der Waals surface area contributed by atoms with Gasteiger partial charge in [0.05, 0.1) is 16.5 Å². The van der Waals surface area contributed by atoms with Crippen LogP contribution < -0.4 is 10.0 Å². The maximum absolute atomic E-state index is 12.4. The summed E-state index contributed by atoms with van der Waals surface area (Å²) in [5, 5.41) is 11.5. The molecule has 2 rings (SSSR count). The number of carbonyl (C=O) groups is 1. The third-order valence-corrected chi connectivity index (χ3v) is 4.47. The van der Waals surface area contributed by atoms with Gasteiger partial charge in [0.15, 0.2) is 0 Å². The van der Waals surface area contributed by atoms with Crippen molar-refractivity contribution >= 4 is 21.6 Å². The third kappa shape index (κ3) is 4.33. The number of rotatable bonds is 5. The van der Waals surface area contributed by atoms with E-state index in [1.165, 1.54) is 42.5 Å². The quantitative estimate of drug-likeness (QED) is 0.871. The third-order valence-electron chi connectivity index (χ3n) is 3.09. The number of nitrogens with zero attached hydrogens (tertiary/aromatic N) is 1. The van der Waals surface area contributed by atoms with Gasteiger partial charge in [-0.25, -0.2) is 8.42 Å². The molecule has 0 aliphatic rings. The van der Waals surface area contributed by atoms with Crippen molar-refractivity contribution in [2.45, 2.75) is 24.8 Å². The lowest BCUT2D eigenvalue weighted by atomic mass is 10.2. The van der Waals surface area contributed by atoms with Gasteiger partial charge in [-0.3, -0.25) is 9.52 Å². The van der Waals surface area contributed by atoms with Crippen LogP contribution in [-0.4, -0.2) is 20.4 Å². The average molecular weight is 343 g/mol. The molecule has 0 spiro atoms. The van der Waals surface area contributed by atoms with Crippen molar-refractivity contribution in [3.05, 3.63) is 59.7 Å². The number of nitriles is 1. The number of sulfonamides is 1. The summed E-state index contributed by atoms with van der Waals surface area (Å²) in [6, 6.07) is 13.8. The first kappa shape index (κ1) is 17.5. The Morgan fingerprint density at radius 3 is 2.38 bits per heavy atom. The Labute approximate surface area is 141 Å². The van der Waals surface area contributed by atoms with Crippen LogP contribution in [0, 0.1) is 11.3 Å². The monoisotopic (exact) mass is 343 g/mol. The molecule has 7 heteroatoms. The van der Waals surface area contributed by atoms with E-state index in [0.29, 0.717) is 11.3 Å². The number of amides is 1. The molecule has 0 saturated heterocycles. The smallest absolute Gasteiger partial charge is 0.261 e. The summed E-state index contributed by atoms with van der Waals surface area (Å²) in [6.07, 6.45) is 0. The van der Waals surface area contributed by atoms with Gasteiger partial charge in [-0.2, -0.15) is 5.26 Å². The number of nitrogens with one attached hydrogen (secondary N) is 2. The number of benzene rings is 2. The minimum absolute atomic E-state index is 0.0109. The molecule has 0 radical (unpaired) electrons. The molecule has 0 bridgehead atoms. The molecule has 2 aromatic rings. The van der Waals surface area contributed by atoms with Crippen molar-refractivity contribution in [1.29, 1.82) is 5.26 Å². The molecule has 0 saturated carbocycles. The Hall–Kier alpha value is -2.85. The minimum atomic E-state index is -3.83. The number of hydrogen-bond acceptors (Lipinski definition) is 4. The normalized spacial score (nSPS) is 10.9. The first-order valence-electron chi connectivity index (χ1n) is 7.26. The van der Waals surface area contributed by atoms with E-state index in [9.17, 15) is 13.2 Å². The summed E-state index contributed by atoms with van der Waals surface area (Å²) in [4.78, 5) is 12.0. The van der Waals surface area contributed by atoms with Crippen LogP contribution in [0.1, 0.15) is 29.8 Å². The highest BCUT2D eigenvalue weighted by Crippen LogP contribution is 2.17. The maximum Gasteiger partial charge on any atom is 0.261 e. The minimum Gasteiger partial charge on any atom is -0.350 e. The first-order valence-corrected chi connectivity index (χ1v) is 8.74. The van der Waals surface area contributed by atoms with Gasteiger partial charge in [0, 0.05) is 17.3 Å². The van der Waals surface area contributed by atoms with Gasteiger partial charge in [0.2, 0.25) is 0 Å². The summed E-state index contributed by atoms with van der Waals surface area (Å²) in [7, 11) is -3.83. The Morgan fingerprint density at radius 1 is 1.12 bits per heavy atom. The van der Waals surface area contributed by atoms with Crippen LogP contribution in [-0.2, 0) is 10.0 Å². The van der Waals surface area contributed by atoms with Gasteiger partial charge < -0.3 is 5.32 Å². The number of carbonyl (C=O) groups excluding carboxylic acids is 1. The van der Waals surface area contributed by atoms with Crippen LogP contribution in [0.15, 0.2) is 53.4 Å². The summed E-state index contributed by atoms with van der Waals surface area (Å²) >= 11 is 0. The molecular formula is C17H17N3O3S. The van der Waals surface area contributed by atoms with Crippen molar-refractivity contribution < 1.29 is 13.2 Å². The van der Waals surface area contributed by atoms with Gasteiger partial charge in [-0.15, -0.1) is 0 Å². The highest BCUT2D eigenvalue weighted by atomic mass is 32.2. The zero-order valence-electron chi connectivity index (χ0n) is 13.3. The van der Waals surface area contributed by atoms with Crippen LogP contribution in [0.3, 0.4) is 0 Å². The highest BCUT2D eigenvalue weighted by molar-refractivity contribution is 7.92. The Balaban J connectivity index is 2.25. The molecule has 0 atom stereocenters. The number of hydrogen-bond donors (Lipinski definition) is 2. The molecule has 2 aromatic carbocycles.